The van der Waals surface area contributed by atoms with Crippen LogP contribution in [-0.2, 0) is 19.9 Å². The van der Waals surface area contributed by atoms with Crippen LogP contribution in [0.2, 0.25) is 0 Å². The molecule has 0 amide bonds. The molecule has 0 saturated carbocycles. The van der Waals surface area contributed by atoms with Crippen LogP contribution in [0.3, 0.4) is 0 Å². The Kier molecular flexibility index (Phi) is 5.02. The number of carbonyl (C=O) groups is 1. The molecule has 0 aliphatic rings. The predicted octanol–water partition coefficient (Wildman–Crippen LogP) is -0.0331. The van der Waals surface area contributed by atoms with Gasteiger partial charge in [0.05, 0.1) is 26.7 Å². The van der Waals surface area contributed by atoms with Crippen molar-refractivity contribution in [3.05, 3.63) is 23.8 Å². The van der Waals surface area contributed by atoms with E-state index in [1.165, 1.54) is 13.8 Å². The fourth-order valence-corrected chi connectivity index (χ4v) is 3.90. The van der Waals surface area contributed by atoms with Gasteiger partial charge >= 0.3 is 5.97 Å². The minimum absolute atomic E-state index is 0.106. The van der Waals surface area contributed by atoms with Crippen LogP contribution >= 0.6 is 0 Å². The van der Waals surface area contributed by atoms with Gasteiger partial charge in [0.1, 0.15) is 0 Å². The SMILES string of the molecule is CC(C)(O)CCS(=O)(=O)c1ccc(S(N)(=O)=O)cc1C(=O)O. The lowest BCUT2D eigenvalue weighted by molar-refractivity contribution is 0.0692. The average molecular weight is 351 g/mol. The fraction of sp³-hybridized carbons (Fsp3) is 0.417. The van der Waals surface area contributed by atoms with E-state index in [1.807, 2.05) is 0 Å². The van der Waals surface area contributed by atoms with Crippen LogP contribution in [-0.4, -0.2) is 44.4 Å². The van der Waals surface area contributed by atoms with Gasteiger partial charge in [0.15, 0.2) is 9.84 Å². The number of aliphatic hydroxyl groups is 1. The molecule has 124 valence electrons. The Balaban J connectivity index is 3.39. The van der Waals surface area contributed by atoms with Gasteiger partial charge in [0.2, 0.25) is 10.0 Å². The third-order valence-electron chi connectivity index (χ3n) is 2.83. The summed E-state index contributed by atoms with van der Waals surface area (Å²) in [6.07, 6.45) is -0.106. The summed E-state index contributed by atoms with van der Waals surface area (Å²) in [7, 11) is -8.16. The molecule has 0 atom stereocenters. The van der Waals surface area contributed by atoms with Crippen molar-refractivity contribution in [1.29, 1.82) is 0 Å². The number of sulfonamides is 1. The Morgan fingerprint density at radius 1 is 1.23 bits per heavy atom. The van der Waals surface area contributed by atoms with Crippen molar-refractivity contribution in [2.45, 2.75) is 35.7 Å². The van der Waals surface area contributed by atoms with E-state index < -0.39 is 52.5 Å². The summed E-state index contributed by atoms with van der Waals surface area (Å²) in [6, 6.07) is 2.52. The van der Waals surface area contributed by atoms with Crippen LogP contribution in [0.15, 0.2) is 28.0 Å². The second kappa shape index (κ2) is 5.95. The quantitative estimate of drug-likeness (QED) is 0.650. The van der Waals surface area contributed by atoms with E-state index in [9.17, 15) is 26.7 Å². The van der Waals surface area contributed by atoms with Gasteiger partial charge in [-0.1, -0.05) is 0 Å². The highest BCUT2D eigenvalue weighted by molar-refractivity contribution is 7.91. The molecule has 10 heteroatoms. The number of rotatable bonds is 6. The van der Waals surface area contributed by atoms with Crippen LogP contribution in [0.25, 0.3) is 0 Å². The molecule has 0 radical (unpaired) electrons. The Bertz CT molecular complexity index is 789. The van der Waals surface area contributed by atoms with Gasteiger partial charge in [-0.05, 0) is 38.5 Å². The minimum Gasteiger partial charge on any atom is -0.478 e. The summed E-state index contributed by atoms with van der Waals surface area (Å²) in [6.45, 7) is 2.84. The molecule has 4 N–H and O–H groups in total. The van der Waals surface area contributed by atoms with Gasteiger partial charge in [0.25, 0.3) is 0 Å². The molecule has 0 fully saturated rings. The molecule has 0 spiro atoms. The Labute approximate surface area is 128 Å². The zero-order valence-electron chi connectivity index (χ0n) is 12.0. The molecule has 1 aromatic rings. The van der Waals surface area contributed by atoms with Crippen LogP contribution < -0.4 is 5.14 Å². The molecule has 0 bridgehead atoms. The predicted molar refractivity (Wildman–Crippen MR) is 77.7 cm³/mol. The van der Waals surface area contributed by atoms with Crippen LogP contribution in [0.4, 0.5) is 0 Å². The second-order valence-corrected chi connectivity index (χ2v) is 9.03. The molecule has 0 aromatic heterocycles. The number of nitrogens with two attached hydrogens (primary N) is 1. The Morgan fingerprint density at radius 2 is 1.77 bits per heavy atom. The normalized spacial score (nSPS) is 13.1. The highest BCUT2D eigenvalue weighted by Gasteiger charge is 2.26. The number of primary sulfonamides is 1. The van der Waals surface area contributed by atoms with Gasteiger partial charge in [-0.25, -0.2) is 26.8 Å². The maximum absolute atomic E-state index is 12.2. The molecule has 8 nitrogen and oxygen atoms in total. The van der Waals surface area contributed by atoms with Gasteiger partial charge < -0.3 is 10.2 Å². The van der Waals surface area contributed by atoms with Gasteiger partial charge in [-0.2, -0.15) is 0 Å². The van der Waals surface area contributed by atoms with Gasteiger partial charge in [0, 0.05) is 0 Å². The molecule has 0 unspecified atom stereocenters. The summed E-state index contributed by atoms with van der Waals surface area (Å²) in [4.78, 5) is 10.2. The zero-order chi connectivity index (χ0) is 17.3. The maximum Gasteiger partial charge on any atom is 0.337 e. The van der Waals surface area contributed by atoms with Crippen molar-refractivity contribution in [2.75, 3.05) is 5.75 Å². The highest BCUT2D eigenvalue weighted by Crippen LogP contribution is 2.23. The average Bonchev–Trinajstić information content (AvgIpc) is 2.34. The third-order valence-corrected chi connectivity index (χ3v) is 5.51. The monoisotopic (exact) mass is 351 g/mol. The third kappa shape index (κ3) is 4.77. The van der Waals surface area contributed by atoms with E-state index in [4.69, 9.17) is 10.2 Å². The standard InChI is InChI=1S/C12H17NO7S2/c1-12(2,16)5-6-21(17,18)10-4-3-8(22(13,19)20)7-9(10)11(14)15/h3-4,7,16H,5-6H2,1-2H3,(H,14,15)(H2,13,19,20). The number of hydrogen-bond acceptors (Lipinski definition) is 6. The largest absolute Gasteiger partial charge is 0.478 e. The summed E-state index contributed by atoms with van der Waals surface area (Å²) in [5.41, 5.74) is -1.92. The Morgan fingerprint density at radius 3 is 2.18 bits per heavy atom. The number of hydrogen-bond donors (Lipinski definition) is 3. The van der Waals surface area contributed by atoms with E-state index in [2.05, 4.69) is 0 Å². The van der Waals surface area contributed by atoms with E-state index in [0.717, 1.165) is 12.1 Å². The summed E-state index contributed by atoms with van der Waals surface area (Å²) in [5.74, 6) is -2.07. The molecule has 22 heavy (non-hydrogen) atoms. The molecule has 0 heterocycles. The number of aromatic carboxylic acids is 1. The first-order valence-corrected chi connectivity index (χ1v) is 9.29. The van der Waals surface area contributed by atoms with E-state index in [1.54, 1.807) is 0 Å². The van der Waals surface area contributed by atoms with E-state index in [0.29, 0.717) is 6.07 Å². The number of benzene rings is 1. The fourth-order valence-electron chi connectivity index (χ4n) is 1.62. The van der Waals surface area contributed by atoms with Crippen LogP contribution in [0, 0.1) is 0 Å². The van der Waals surface area contributed by atoms with Crippen molar-refractivity contribution in [3.63, 3.8) is 0 Å². The summed E-state index contributed by atoms with van der Waals surface area (Å²) in [5, 5.41) is 23.6. The molecule has 0 aliphatic heterocycles. The first kappa shape index (κ1) is 18.6. The second-order valence-electron chi connectivity index (χ2n) is 5.39. The lowest BCUT2D eigenvalue weighted by Gasteiger charge is -2.17. The molecule has 1 rings (SSSR count). The van der Waals surface area contributed by atoms with Gasteiger partial charge in [-0.15, -0.1) is 0 Å². The van der Waals surface area contributed by atoms with E-state index >= 15 is 0 Å². The zero-order valence-corrected chi connectivity index (χ0v) is 13.6. The molecular weight excluding hydrogens is 334 g/mol. The highest BCUT2D eigenvalue weighted by atomic mass is 32.2. The number of sulfone groups is 1. The van der Waals surface area contributed by atoms with E-state index in [-0.39, 0.29) is 6.42 Å². The first-order chi connectivity index (χ1) is 9.74. The van der Waals surface area contributed by atoms with Crippen LogP contribution in [0.1, 0.15) is 30.6 Å². The summed E-state index contributed by atoms with van der Waals surface area (Å²) >= 11 is 0. The topological polar surface area (TPSA) is 152 Å². The van der Waals surface area contributed by atoms with Crippen molar-refractivity contribution in [3.8, 4) is 0 Å². The van der Waals surface area contributed by atoms with Crippen molar-refractivity contribution < 1.29 is 31.8 Å². The van der Waals surface area contributed by atoms with Crippen LogP contribution in [0.5, 0.6) is 0 Å². The number of carboxylic acid groups (broad SMARTS) is 1. The smallest absolute Gasteiger partial charge is 0.337 e. The lowest BCUT2D eigenvalue weighted by Crippen LogP contribution is -2.24. The molecule has 0 aliphatic carbocycles. The molecule has 1 aromatic carbocycles. The maximum atomic E-state index is 12.2. The molecule has 0 saturated heterocycles. The van der Waals surface area contributed by atoms with Crippen molar-refractivity contribution >= 4 is 25.8 Å². The first-order valence-electron chi connectivity index (χ1n) is 6.09. The Hall–Kier alpha value is -1.49. The molecular formula is C12H17NO7S2. The van der Waals surface area contributed by atoms with Gasteiger partial charge in [-0.3, -0.25) is 0 Å². The number of carboxylic acids is 1. The summed E-state index contributed by atoms with van der Waals surface area (Å²) < 4.78 is 46.9. The minimum atomic E-state index is -4.15. The lowest BCUT2D eigenvalue weighted by atomic mass is 10.1. The van der Waals surface area contributed by atoms with Crippen molar-refractivity contribution in [1.82, 2.24) is 0 Å². The van der Waals surface area contributed by atoms with Crippen molar-refractivity contribution in [2.24, 2.45) is 5.14 Å².